The van der Waals surface area contributed by atoms with Gasteiger partial charge in [0.05, 0.1) is 16.3 Å². The molecule has 2 aromatic rings. The zero-order valence-electron chi connectivity index (χ0n) is 11.4. The number of carbonyl (C=O) groups excluding carboxylic acids is 1. The highest BCUT2D eigenvalue weighted by Gasteiger charge is 2.05. The molecule has 0 saturated heterocycles. The number of allylic oxidation sites excluding steroid dienone is 1. The van der Waals surface area contributed by atoms with Crippen LogP contribution in [0.1, 0.15) is 19.4 Å². The second-order valence-corrected chi connectivity index (χ2v) is 6.48. The van der Waals surface area contributed by atoms with Gasteiger partial charge in [0.15, 0.2) is 5.78 Å². The Kier molecular flexibility index (Phi) is 5.31. The quantitative estimate of drug-likeness (QED) is 0.488. The molecule has 20 heavy (non-hydrogen) atoms. The first-order valence-electron chi connectivity index (χ1n) is 6.14. The summed E-state index contributed by atoms with van der Waals surface area (Å²) in [6.45, 7) is 0.722. The average Bonchev–Trinajstić information content (AvgIpc) is 3.06. The van der Waals surface area contributed by atoms with Crippen LogP contribution in [0.2, 0.25) is 0 Å². The van der Waals surface area contributed by atoms with Crippen LogP contribution in [-0.2, 0) is 0 Å². The van der Waals surface area contributed by atoms with Gasteiger partial charge in [-0.15, -0.1) is 22.7 Å². The van der Waals surface area contributed by atoms with E-state index in [-0.39, 0.29) is 5.78 Å². The lowest BCUT2D eigenvalue weighted by Gasteiger charge is -2.00. The van der Waals surface area contributed by atoms with Crippen LogP contribution >= 0.6 is 22.7 Å². The Bertz CT molecular complexity index is 654. The van der Waals surface area contributed by atoms with E-state index in [2.05, 4.69) is 11.8 Å². The van der Waals surface area contributed by atoms with Crippen molar-refractivity contribution in [1.29, 1.82) is 0 Å². The fraction of sp³-hybridized carbons (Fsp3) is 0.188. The molecule has 2 aromatic heterocycles. The molecule has 0 bridgehead atoms. The lowest BCUT2D eigenvalue weighted by molar-refractivity contribution is 0.105. The maximum absolute atomic E-state index is 12.0. The van der Waals surface area contributed by atoms with Gasteiger partial charge in [0.2, 0.25) is 0 Å². The normalized spacial score (nSPS) is 10.8. The first kappa shape index (κ1) is 14.7. The highest BCUT2D eigenvalue weighted by atomic mass is 32.1. The predicted molar refractivity (Wildman–Crippen MR) is 87.4 cm³/mol. The molecule has 0 amide bonds. The Morgan fingerprint density at radius 1 is 1.35 bits per heavy atom. The third-order valence-corrected chi connectivity index (χ3v) is 4.25. The molecule has 0 aliphatic rings. The van der Waals surface area contributed by atoms with Gasteiger partial charge in [0.25, 0.3) is 0 Å². The fourth-order valence-corrected chi connectivity index (χ4v) is 2.87. The Hall–Kier alpha value is -1.67. The van der Waals surface area contributed by atoms with E-state index in [0.29, 0.717) is 0 Å². The molecule has 2 heterocycles. The molecule has 2 rings (SSSR count). The molecule has 0 radical (unpaired) electrons. The van der Waals surface area contributed by atoms with Crippen LogP contribution in [0, 0.1) is 11.8 Å². The van der Waals surface area contributed by atoms with E-state index in [4.69, 9.17) is 0 Å². The number of rotatable bonds is 4. The molecule has 0 N–H and O–H groups in total. The first-order valence-corrected chi connectivity index (χ1v) is 7.84. The molecular weight excluding hydrogens is 286 g/mol. The summed E-state index contributed by atoms with van der Waals surface area (Å²) in [5.74, 6) is 6.17. The molecule has 0 unspecified atom stereocenters. The van der Waals surface area contributed by atoms with Crippen LogP contribution < -0.4 is 0 Å². The largest absolute Gasteiger partial charge is 0.299 e. The van der Waals surface area contributed by atoms with Crippen LogP contribution in [0.25, 0.3) is 6.08 Å². The summed E-state index contributed by atoms with van der Waals surface area (Å²) in [4.78, 5) is 16.8. The molecule has 0 atom stereocenters. The second kappa shape index (κ2) is 7.20. The van der Waals surface area contributed by atoms with Crippen molar-refractivity contribution in [3.05, 3.63) is 50.4 Å². The van der Waals surface area contributed by atoms with Crippen molar-refractivity contribution in [2.75, 3.05) is 20.6 Å². The van der Waals surface area contributed by atoms with Crippen LogP contribution in [0.4, 0.5) is 0 Å². The second-order valence-electron chi connectivity index (χ2n) is 4.42. The molecule has 0 saturated carbocycles. The summed E-state index contributed by atoms with van der Waals surface area (Å²) in [7, 11) is 3.96. The van der Waals surface area contributed by atoms with Crippen molar-refractivity contribution >= 4 is 34.5 Å². The van der Waals surface area contributed by atoms with Crippen molar-refractivity contribution in [2.45, 2.75) is 0 Å². The minimum absolute atomic E-state index is 0.0315. The van der Waals surface area contributed by atoms with E-state index in [1.807, 2.05) is 54.7 Å². The molecular formula is C16H15NOS2. The summed E-state index contributed by atoms with van der Waals surface area (Å²) >= 11 is 3.06. The van der Waals surface area contributed by atoms with E-state index in [1.54, 1.807) is 17.4 Å². The highest BCUT2D eigenvalue weighted by Crippen LogP contribution is 2.17. The van der Waals surface area contributed by atoms with Crippen molar-refractivity contribution in [2.24, 2.45) is 0 Å². The molecule has 0 aromatic carbocycles. The minimum Gasteiger partial charge on any atom is -0.299 e. The summed E-state index contributed by atoms with van der Waals surface area (Å²) in [5.41, 5.74) is 0. The number of carbonyl (C=O) groups is 1. The SMILES string of the molecule is CN(C)CC#Cc1ccc(C(=O)/C=C\c2cccs2)s1. The molecule has 102 valence electrons. The van der Waals surface area contributed by atoms with Crippen molar-refractivity contribution in [3.8, 4) is 11.8 Å². The van der Waals surface area contributed by atoms with Gasteiger partial charge in [-0.1, -0.05) is 17.9 Å². The molecule has 0 aliphatic heterocycles. The topological polar surface area (TPSA) is 20.3 Å². The van der Waals surface area contributed by atoms with E-state index >= 15 is 0 Å². The molecule has 0 spiro atoms. The number of hydrogen-bond acceptors (Lipinski definition) is 4. The Morgan fingerprint density at radius 3 is 2.90 bits per heavy atom. The van der Waals surface area contributed by atoms with E-state index < -0.39 is 0 Å². The zero-order chi connectivity index (χ0) is 14.4. The smallest absolute Gasteiger partial charge is 0.195 e. The Balaban J connectivity index is 2.00. The van der Waals surface area contributed by atoms with Crippen molar-refractivity contribution in [3.63, 3.8) is 0 Å². The van der Waals surface area contributed by atoms with E-state index in [9.17, 15) is 4.79 Å². The molecule has 0 fully saturated rings. The monoisotopic (exact) mass is 301 g/mol. The van der Waals surface area contributed by atoms with Crippen LogP contribution in [0.5, 0.6) is 0 Å². The molecule has 4 heteroatoms. The van der Waals surface area contributed by atoms with Gasteiger partial charge in [-0.25, -0.2) is 0 Å². The van der Waals surface area contributed by atoms with Gasteiger partial charge in [-0.2, -0.15) is 0 Å². The summed E-state index contributed by atoms with van der Waals surface area (Å²) < 4.78 is 0. The average molecular weight is 301 g/mol. The van der Waals surface area contributed by atoms with Crippen LogP contribution in [0.15, 0.2) is 35.7 Å². The maximum atomic E-state index is 12.0. The third kappa shape index (κ3) is 4.46. The van der Waals surface area contributed by atoms with Gasteiger partial charge in [0, 0.05) is 4.88 Å². The maximum Gasteiger partial charge on any atom is 0.195 e. The summed E-state index contributed by atoms with van der Waals surface area (Å²) in [6, 6.07) is 7.70. The lowest BCUT2D eigenvalue weighted by atomic mass is 10.3. The Labute approximate surface area is 127 Å². The van der Waals surface area contributed by atoms with Gasteiger partial charge in [-0.05, 0) is 49.8 Å². The highest BCUT2D eigenvalue weighted by molar-refractivity contribution is 7.14. The van der Waals surface area contributed by atoms with Crippen LogP contribution in [0.3, 0.4) is 0 Å². The Morgan fingerprint density at radius 2 is 2.20 bits per heavy atom. The van der Waals surface area contributed by atoms with Gasteiger partial charge < -0.3 is 0 Å². The number of nitrogens with zero attached hydrogens (tertiary/aromatic N) is 1. The van der Waals surface area contributed by atoms with E-state index in [1.165, 1.54) is 11.3 Å². The van der Waals surface area contributed by atoms with Crippen LogP contribution in [-0.4, -0.2) is 31.3 Å². The minimum atomic E-state index is 0.0315. The van der Waals surface area contributed by atoms with Gasteiger partial charge >= 0.3 is 0 Å². The first-order chi connectivity index (χ1) is 9.65. The number of ketones is 1. The fourth-order valence-electron chi connectivity index (χ4n) is 1.45. The van der Waals surface area contributed by atoms with Crippen molar-refractivity contribution < 1.29 is 4.79 Å². The van der Waals surface area contributed by atoms with Gasteiger partial charge in [0.1, 0.15) is 0 Å². The summed E-state index contributed by atoms with van der Waals surface area (Å²) in [5, 5.41) is 1.99. The van der Waals surface area contributed by atoms with E-state index in [0.717, 1.165) is 21.2 Å². The molecule has 2 nitrogen and oxygen atoms in total. The predicted octanol–water partition coefficient (Wildman–Crippen LogP) is 3.62. The number of hydrogen-bond donors (Lipinski definition) is 0. The zero-order valence-corrected chi connectivity index (χ0v) is 13.1. The third-order valence-electron chi connectivity index (χ3n) is 2.40. The van der Waals surface area contributed by atoms with Crippen molar-refractivity contribution in [1.82, 2.24) is 4.90 Å². The standard InChI is InChI=1S/C16H15NOS2/c1-17(2)11-3-5-14-8-10-16(20-14)15(18)9-7-13-6-4-12-19-13/h4,6-10,12H,11H2,1-2H3/b9-7-. The molecule has 0 aliphatic carbocycles. The summed E-state index contributed by atoms with van der Waals surface area (Å²) in [6.07, 6.45) is 3.47. The van der Waals surface area contributed by atoms with Gasteiger partial charge in [-0.3, -0.25) is 9.69 Å². The number of thiophene rings is 2. The lowest BCUT2D eigenvalue weighted by Crippen LogP contribution is -2.10.